The Hall–Kier alpha value is -2.96. The third-order valence-corrected chi connectivity index (χ3v) is 3.08. The summed E-state index contributed by atoms with van der Waals surface area (Å²) >= 11 is 0. The van der Waals surface area contributed by atoms with E-state index in [4.69, 9.17) is 4.74 Å². The summed E-state index contributed by atoms with van der Waals surface area (Å²) in [5.41, 5.74) is 0.328. The molecular formula is C16H15FN2O4. The third-order valence-electron chi connectivity index (χ3n) is 3.08. The van der Waals surface area contributed by atoms with Crippen LogP contribution in [0, 0.1) is 15.9 Å². The zero-order chi connectivity index (χ0) is 16.8. The summed E-state index contributed by atoms with van der Waals surface area (Å²) in [5.74, 6) is -0.575. The van der Waals surface area contributed by atoms with Gasteiger partial charge in [-0.2, -0.15) is 0 Å². The highest BCUT2D eigenvalue weighted by atomic mass is 19.1. The Labute approximate surface area is 132 Å². The number of amides is 1. The van der Waals surface area contributed by atoms with E-state index in [1.54, 1.807) is 13.0 Å². The minimum atomic E-state index is -0.818. The number of nitro benzene ring substituents is 1. The molecule has 0 aliphatic heterocycles. The van der Waals surface area contributed by atoms with Crippen molar-refractivity contribution in [1.82, 2.24) is 0 Å². The van der Waals surface area contributed by atoms with Crippen LogP contribution in [0.1, 0.15) is 13.3 Å². The van der Waals surface area contributed by atoms with Gasteiger partial charge in [0.25, 0.3) is 11.6 Å². The zero-order valence-electron chi connectivity index (χ0n) is 12.4. The van der Waals surface area contributed by atoms with Crippen molar-refractivity contribution in [2.75, 3.05) is 5.32 Å². The molecule has 7 heteroatoms. The molecule has 2 aromatic carbocycles. The van der Waals surface area contributed by atoms with Crippen LogP contribution in [0.4, 0.5) is 15.8 Å². The van der Waals surface area contributed by atoms with Crippen molar-refractivity contribution < 1.29 is 18.8 Å². The molecule has 1 N–H and O–H groups in total. The van der Waals surface area contributed by atoms with Crippen molar-refractivity contribution in [1.29, 1.82) is 0 Å². The Bertz CT molecular complexity index is 703. The normalized spacial score (nSPS) is 11.6. The van der Waals surface area contributed by atoms with Gasteiger partial charge in [0.15, 0.2) is 6.10 Å². The lowest BCUT2D eigenvalue weighted by atomic mass is 10.2. The second-order valence-electron chi connectivity index (χ2n) is 4.77. The van der Waals surface area contributed by atoms with Crippen LogP contribution in [0.2, 0.25) is 0 Å². The molecule has 0 aliphatic rings. The predicted octanol–water partition coefficient (Wildman–Crippen LogP) is 3.53. The molecule has 0 fully saturated rings. The number of nitrogens with zero attached hydrogens (tertiary/aromatic N) is 1. The number of hydrogen-bond donors (Lipinski definition) is 1. The summed E-state index contributed by atoms with van der Waals surface area (Å²) in [7, 11) is 0. The monoisotopic (exact) mass is 318 g/mol. The van der Waals surface area contributed by atoms with Crippen LogP contribution in [0.3, 0.4) is 0 Å². The lowest BCUT2D eigenvalue weighted by Gasteiger charge is -2.17. The molecule has 23 heavy (non-hydrogen) atoms. The van der Waals surface area contributed by atoms with Crippen LogP contribution < -0.4 is 10.1 Å². The Morgan fingerprint density at radius 2 is 2.00 bits per heavy atom. The molecule has 2 rings (SSSR count). The highest BCUT2D eigenvalue weighted by molar-refractivity contribution is 5.94. The summed E-state index contributed by atoms with van der Waals surface area (Å²) in [6.07, 6.45) is -0.447. The minimum absolute atomic E-state index is 0.115. The number of nitrogens with one attached hydrogen (secondary N) is 1. The first kappa shape index (κ1) is 16.4. The first-order valence-corrected chi connectivity index (χ1v) is 6.97. The van der Waals surface area contributed by atoms with Gasteiger partial charge in [-0.05, 0) is 36.8 Å². The molecule has 0 radical (unpaired) electrons. The largest absolute Gasteiger partial charge is 0.480 e. The number of rotatable bonds is 6. The average molecular weight is 318 g/mol. The fourth-order valence-electron chi connectivity index (χ4n) is 1.91. The molecule has 0 spiro atoms. The number of hydrogen-bond acceptors (Lipinski definition) is 4. The van der Waals surface area contributed by atoms with E-state index in [2.05, 4.69) is 5.32 Å². The Morgan fingerprint density at radius 1 is 1.30 bits per heavy atom. The Balaban J connectivity index is 2.06. The van der Waals surface area contributed by atoms with Gasteiger partial charge in [0.2, 0.25) is 0 Å². The van der Waals surface area contributed by atoms with Crippen LogP contribution in [-0.2, 0) is 4.79 Å². The van der Waals surface area contributed by atoms with Gasteiger partial charge in [-0.1, -0.05) is 13.0 Å². The topological polar surface area (TPSA) is 81.5 Å². The summed E-state index contributed by atoms with van der Waals surface area (Å²) < 4.78 is 18.4. The number of non-ortho nitro benzene ring substituents is 1. The summed E-state index contributed by atoms with van der Waals surface area (Å²) in [6.45, 7) is 1.76. The second-order valence-corrected chi connectivity index (χ2v) is 4.77. The first-order chi connectivity index (χ1) is 11.0. The Kier molecular flexibility index (Phi) is 5.24. The minimum Gasteiger partial charge on any atom is -0.480 e. The molecule has 0 heterocycles. The van der Waals surface area contributed by atoms with Gasteiger partial charge in [-0.25, -0.2) is 4.39 Å². The molecule has 120 valence electrons. The SMILES string of the molecule is CCC(Oc1cccc([N+](=O)[O-])c1)C(=O)Nc1ccc(F)cc1. The molecule has 0 saturated heterocycles. The summed E-state index contributed by atoms with van der Waals surface area (Å²) in [6, 6.07) is 11.0. The van der Waals surface area contributed by atoms with E-state index < -0.39 is 22.8 Å². The van der Waals surface area contributed by atoms with Gasteiger partial charge in [0.05, 0.1) is 11.0 Å². The molecule has 0 aromatic heterocycles. The number of ether oxygens (including phenoxy) is 1. The van der Waals surface area contributed by atoms with E-state index in [9.17, 15) is 19.3 Å². The maximum atomic E-state index is 12.8. The van der Waals surface area contributed by atoms with Crippen LogP contribution in [0.15, 0.2) is 48.5 Å². The molecule has 6 nitrogen and oxygen atoms in total. The number of carbonyl (C=O) groups excluding carboxylic acids is 1. The molecule has 0 saturated carbocycles. The predicted molar refractivity (Wildman–Crippen MR) is 82.8 cm³/mol. The number of carbonyl (C=O) groups is 1. The molecule has 0 aliphatic carbocycles. The fourth-order valence-corrected chi connectivity index (χ4v) is 1.91. The van der Waals surface area contributed by atoms with E-state index in [-0.39, 0.29) is 11.4 Å². The van der Waals surface area contributed by atoms with E-state index in [1.165, 1.54) is 42.5 Å². The summed E-state index contributed by atoms with van der Waals surface area (Å²) in [4.78, 5) is 22.4. The van der Waals surface area contributed by atoms with E-state index in [0.717, 1.165) is 0 Å². The van der Waals surface area contributed by atoms with Crippen molar-refractivity contribution in [2.45, 2.75) is 19.4 Å². The maximum absolute atomic E-state index is 12.8. The van der Waals surface area contributed by atoms with Crippen LogP contribution in [0.25, 0.3) is 0 Å². The zero-order valence-corrected chi connectivity index (χ0v) is 12.4. The van der Waals surface area contributed by atoms with Gasteiger partial charge < -0.3 is 10.1 Å². The van der Waals surface area contributed by atoms with Crippen molar-refractivity contribution in [3.05, 3.63) is 64.5 Å². The van der Waals surface area contributed by atoms with Crippen LogP contribution in [0.5, 0.6) is 5.75 Å². The standard InChI is InChI=1S/C16H15FN2O4/c1-2-15(16(20)18-12-8-6-11(17)7-9-12)23-14-5-3-4-13(10-14)19(21)22/h3-10,15H,2H2,1H3,(H,18,20). The molecule has 2 aromatic rings. The van der Waals surface area contributed by atoms with Crippen LogP contribution in [-0.4, -0.2) is 16.9 Å². The lowest BCUT2D eigenvalue weighted by molar-refractivity contribution is -0.384. The highest BCUT2D eigenvalue weighted by Crippen LogP contribution is 2.21. The van der Waals surface area contributed by atoms with Gasteiger partial charge in [0, 0.05) is 11.8 Å². The fraction of sp³-hybridized carbons (Fsp3) is 0.188. The molecule has 1 unspecified atom stereocenters. The number of anilines is 1. The summed E-state index contributed by atoms with van der Waals surface area (Å²) in [5, 5.41) is 13.4. The quantitative estimate of drug-likeness (QED) is 0.652. The lowest BCUT2D eigenvalue weighted by Crippen LogP contribution is -2.32. The number of benzene rings is 2. The smallest absolute Gasteiger partial charge is 0.273 e. The second kappa shape index (κ2) is 7.35. The van der Waals surface area contributed by atoms with Crippen molar-refractivity contribution in [3.8, 4) is 5.75 Å². The van der Waals surface area contributed by atoms with Crippen molar-refractivity contribution in [2.24, 2.45) is 0 Å². The first-order valence-electron chi connectivity index (χ1n) is 6.97. The van der Waals surface area contributed by atoms with Gasteiger partial charge in [-0.3, -0.25) is 14.9 Å². The molecule has 1 amide bonds. The molecule has 1 atom stereocenters. The molecule has 0 bridgehead atoms. The van der Waals surface area contributed by atoms with E-state index in [0.29, 0.717) is 12.1 Å². The third kappa shape index (κ3) is 4.50. The van der Waals surface area contributed by atoms with Gasteiger partial charge in [0.1, 0.15) is 11.6 Å². The Morgan fingerprint density at radius 3 is 2.61 bits per heavy atom. The molecular weight excluding hydrogens is 303 g/mol. The van der Waals surface area contributed by atoms with E-state index in [1.807, 2.05) is 0 Å². The van der Waals surface area contributed by atoms with Crippen molar-refractivity contribution >= 4 is 17.3 Å². The van der Waals surface area contributed by atoms with Crippen LogP contribution >= 0.6 is 0 Å². The highest BCUT2D eigenvalue weighted by Gasteiger charge is 2.19. The maximum Gasteiger partial charge on any atom is 0.273 e. The van der Waals surface area contributed by atoms with Gasteiger partial charge in [-0.15, -0.1) is 0 Å². The average Bonchev–Trinajstić information content (AvgIpc) is 2.55. The van der Waals surface area contributed by atoms with E-state index >= 15 is 0 Å². The number of nitro groups is 1. The van der Waals surface area contributed by atoms with Gasteiger partial charge >= 0.3 is 0 Å². The van der Waals surface area contributed by atoms with Crippen molar-refractivity contribution in [3.63, 3.8) is 0 Å². The number of halogens is 1.